The van der Waals surface area contributed by atoms with E-state index in [9.17, 15) is 4.79 Å². The summed E-state index contributed by atoms with van der Waals surface area (Å²) in [6.45, 7) is 7.88. The van der Waals surface area contributed by atoms with Gasteiger partial charge in [-0.05, 0) is 37.6 Å². The van der Waals surface area contributed by atoms with Crippen molar-refractivity contribution in [1.82, 2.24) is 15.5 Å². The second kappa shape index (κ2) is 9.02. The summed E-state index contributed by atoms with van der Waals surface area (Å²) in [6, 6.07) is 7.03. The molecule has 0 aliphatic heterocycles. The zero-order valence-electron chi connectivity index (χ0n) is 14.3. The van der Waals surface area contributed by atoms with Gasteiger partial charge in [-0.2, -0.15) is 4.98 Å². The van der Waals surface area contributed by atoms with Crippen molar-refractivity contribution in [2.75, 3.05) is 25.1 Å². The molecule has 2 aromatic rings. The van der Waals surface area contributed by atoms with Crippen LogP contribution in [0.3, 0.4) is 0 Å². The average molecular weight is 332 g/mol. The predicted molar refractivity (Wildman–Crippen MR) is 92.0 cm³/mol. The summed E-state index contributed by atoms with van der Waals surface area (Å²) in [7, 11) is 0. The Morgan fingerprint density at radius 2 is 2.04 bits per heavy atom. The van der Waals surface area contributed by atoms with E-state index in [0.717, 1.165) is 12.0 Å². The zero-order valence-corrected chi connectivity index (χ0v) is 14.3. The van der Waals surface area contributed by atoms with Crippen LogP contribution in [0.25, 0.3) is 11.5 Å². The molecule has 24 heavy (non-hydrogen) atoms. The normalized spacial score (nSPS) is 10.8. The maximum absolute atomic E-state index is 11.8. The highest BCUT2D eigenvalue weighted by molar-refractivity contribution is 5.89. The van der Waals surface area contributed by atoms with Gasteiger partial charge in [0.2, 0.25) is 0 Å². The highest BCUT2D eigenvalue weighted by atomic mass is 16.5. The van der Waals surface area contributed by atoms with Crippen molar-refractivity contribution >= 4 is 11.7 Å². The Bertz CT molecular complexity index is 638. The molecule has 7 nitrogen and oxygen atoms in total. The second-order valence-electron chi connectivity index (χ2n) is 5.62. The van der Waals surface area contributed by atoms with Crippen LogP contribution in [0.15, 0.2) is 28.8 Å². The van der Waals surface area contributed by atoms with Crippen LogP contribution in [0.1, 0.15) is 38.9 Å². The predicted octanol–water partition coefficient (Wildman–Crippen LogP) is 3.41. The highest BCUT2D eigenvalue weighted by Gasteiger charge is 2.11. The van der Waals surface area contributed by atoms with Crippen molar-refractivity contribution < 1.29 is 14.1 Å². The summed E-state index contributed by atoms with van der Waals surface area (Å²) in [4.78, 5) is 16.1. The number of hydrogen-bond acceptors (Lipinski definition) is 5. The number of carbonyl (C=O) groups excluding carboxylic acids is 1. The van der Waals surface area contributed by atoms with Crippen LogP contribution >= 0.6 is 0 Å². The fourth-order valence-electron chi connectivity index (χ4n) is 1.98. The van der Waals surface area contributed by atoms with Gasteiger partial charge in [0.1, 0.15) is 0 Å². The van der Waals surface area contributed by atoms with E-state index >= 15 is 0 Å². The van der Waals surface area contributed by atoms with Crippen LogP contribution in [0.4, 0.5) is 10.5 Å². The van der Waals surface area contributed by atoms with Gasteiger partial charge in [-0.15, -0.1) is 0 Å². The van der Waals surface area contributed by atoms with E-state index in [0.29, 0.717) is 37.2 Å². The standard InChI is InChI=1S/C17H24N4O3/c1-4-23-11-5-10-18-17(22)19-14-8-6-13(7-9-14)16-20-15(12(2)3)21-24-16/h6-9,12H,4-5,10-11H2,1-3H3,(H2,18,19,22). The lowest BCUT2D eigenvalue weighted by molar-refractivity contribution is 0.145. The first-order valence-electron chi connectivity index (χ1n) is 8.16. The molecule has 0 atom stereocenters. The molecule has 0 bridgehead atoms. The number of benzene rings is 1. The van der Waals surface area contributed by atoms with Crippen LogP contribution in [-0.4, -0.2) is 35.9 Å². The third-order valence-corrected chi connectivity index (χ3v) is 3.30. The second-order valence-corrected chi connectivity index (χ2v) is 5.62. The molecule has 0 spiro atoms. The molecule has 0 aliphatic rings. The number of aromatic nitrogens is 2. The van der Waals surface area contributed by atoms with Crippen molar-refractivity contribution in [2.24, 2.45) is 0 Å². The highest BCUT2D eigenvalue weighted by Crippen LogP contribution is 2.21. The fourth-order valence-corrected chi connectivity index (χ4v) is 1.98. The smallest absolute Gasteiger partial charge is 0.319 e. The van der Waals surface area contributed by atoms with Crippen molar-refractivity contribution in [2.45, 2.75) is 33.1 Å². The number of carbonyl (C=O) groups is 1. The van der Waals surface area contributed by atoms with Crippen molar-refractivity contribution in [3.8, 4) is 11.5 Å². The number of amides is 2. The summed E-state index contributed by atoms with van der Waals surface area (Å²) < 4.78 is 10.5. The molecule has 130 valence electrons. The fraction of sp³-hybridized carbons (Fsp3) is 0.471. The minimum Gasteiger partial charge on any atom is -0.382 e. The molecule has 0 unspecified atom stereocenters. The molecule has 0 aliphatic carbocycles. The molecule has 1 aromatic carbocycles. The van der Waals surface area contributed by atoms with Gasteiger partial charge in [-0.3, -0.25) is 0 Å². The number of hydrogen-bond donors (Lipinski definition) is 2. The Morgan fingerprint density at radius 3 is 2.67 bits per heavy atom. The number of urea groups is 1. The number of ether oxygens (including phenoxy) is 1. The Morgan fingerprint density at radius 1 is 1.29 bits per heavy atom. The Labute approximate surface area is 141 Å². The molecule has 1 aromatic heterocycles. The summed E-state index contributed by atoms with van der Waals surface area (Å²) in [5, 5.41) is 9.50. The van der Waals surface area contributed by atoms with E-state index in [1.54, 1.807) is 12.1 Å². The maximum atomic E-state index is 11.8. The molecule has 0 fully saturated rings. The van der Waals surface area contributed by atoms with Gasteiger partial charge in [0.05, 0.1) is 0 Å². The minimum absolute atomic E-state index is 0.217. The SMILES string of the molecule is CCOCCCNC(=O)Nc1ccc(-c2nc(C(C)C)no2)cc1. The molecule has 1 heterocycles. The first kappa shape index (κ1) is 17.9. The molecule has 0 saturated heterocycles. The average Bonchev–Trinajstić information content (AvgIpc) is 3.06. The zero-order chi connectivity index (χ0) is 17.4. The molecule has 7 heteroatoms. The quantitative estimate of drug-likeness (QED) is 0.723. The monoisotopic (exact) mass is 332 g/mol. The topological polar surface area (TPSA) is 89.3 Å². The largest absolute Gasteiger partial charge is 0.382 e. The Balaban J connectivity index is 1.84. The van der Waals surface area contributed by atoms with Gasteiger partial charge < -0.3 is 19.9 Å². The van der Waals surface area contributed by atoms with Crippen LogP contribution in [0.5, 0.6) is 0 Å². The van der Waals surface area contributed by atoms with Gasteiger partial charge in [0.25, 0.3) is 5.89 Å². The summed E-state index contributed by atoms with van der Waals surface area (Å²) in [5.41, 5.74) is 1.52. The number of nitrogens with one attached hydrogen (secondary N) is 2. The molecular formula is C17H24N4O3. The van der Waals surface area contributed by atoms with Gasteiger partial charge in [0, 0.05) is 36.9 Å². The number of nitrogens with zero attached hydrogens (tertiary/aromatic N) is 2. The molecule has 0 saturated carbocycles. The van der Waals surface area contributed by atoms with E-state index in [1.165, 1.54) is 0 Å². The minimum atomic E-state index is -0.237. The van der Waals surface area contributed by atoms with Gasteiger partial charge in [0.15, 0.2) is 5.82 Å². The van der Waals surface area contributed by atoms with E-state index in [-0.39, 0.29) is 11.9 Å². The molecule has 2 amide bonds. The van der Waals surface area contributed by atoms with Crippen LogP contribution < -0.4 is 10.6 Å². The van der Waals surface area contributed by atoms with Crippen molar-refractivity contribution in [3.05, 3.63) is 30.1 Å². The lowest BCUT2D eigenvalue weighted by Gasteiger charge is -2.08. The van der Waals surface area contributed by atoms with Crippen molar-refractivity contribution in [1.29, 1.82) is 0 Å². The molecule has 2 N–H and O–H groups in total. The first-order chi connectivity index (χ1) is 11.6. The van der Waals surface area contributed by atoms with Crippen LogP contribution in [0, 0.1) is 0 Å². The van der Waals surface area contributed by atoms with E-state index < -0.39 is 0 Å². The van der Waals surface area contributed by atoms with Gasteiger partial charge in [-0.1, -0.05) is 19.0 Å². The van der Waals surface area contributed by atoms with Crippen LogP contribution in [-0.2, 0) is 4.74 Å². The number of anilines is 1. The van der Waals surface area contributed by atoms with Gasteiger partial charge >= 0.3 is 6.03 Å². The van der Waals surface area contributed by atoms with Gasteiger partial charge in [-0.25, -0.2) is 4.79 Å². The van der Waals surface area contributed by atoms with E-state index in [2.05, 4.69) is 20.8 Å². The van der Waals surface area contributed by atoms with Crippen molar-refractivity contribution in [3.63, 3.8) is 0 Å². The Hall–Kier alpha value is -2.41. The Kier molecular flexibility index (Phi) is 6.74. The van der Waals surface area contributed by atoms with E-state index in [4.69, 9.17) is 9.26 Å². The maximum Gasteiger partial charge on any atom is 0.319 e. The van der Waals surface area contributed by atoms with Crippen LogP contribution in [0.2, 0.25) is 0 Å². The van der Waals surface area contributed by atoms with E-state index in [1.807, 2.05) is 32.9 Å². The molecular weight excluding hydrogens is 308 g/mol. The number of rotatable bonds is 8. The summed E-state index contributed by atoms with van der Waals surface area (Å²) in [5.74, 6) is 1.37. The summed E-state index contributed by atoms with van der Waals surface area (Å²) >= 11 is 0. The first-order valence-corrected chi connectivity index (χ1v) is 8.16. The lowest BCUT2D eigenvalue weighted by Crippen LogP contribution is -2.30. The summed E-state index contributed by atoms with van der Waals surface area (Å²) in [6.07, 6.45) is 0.787. The molecule has 2 rings (SSSR count). The lowest BCUT2D eigenvalue weighted by atomic mass is 10.2. The molecule has 0 radical (unpaired) electrons. The third-order valence-electron chi connectivity index (χ3n) is 3.30. The third kappa shape index (κ3) is 5.34.